The molecule has 5 rings (SSSR count). The molecule has 2 spiro atoms. The van der Waals surface area contributed by atoms with E-state index in [9.17, 15) is 0 Å². The van der Waals surface area contributed by atoms with Crippen molar-refractivity contribution in [3.8, 4) is 0 Å². The molecule has 0 bridgehead atoms. The van der Waals surface area contributed by atoms with Crippen LogP contribution < -0.4 is 11.1 Å². The van der Waals surface area contributed by atoms with Crippen LogP contribution in [0.2, 0.25) is 0 Å². The van der Waals surface area contributed by atoms with E-state index in [0.29, 0.717) is 5.41 Å². The van der Waals surface area contributed by atoms with Crippen molar-refractivity contribution < 1.29 is 0 Å². The van der Waals surface area contributed by atoms with Crippen molar-refractivity contribution in [2.75, 3.05) is 14.1 Å². The van der Waals surface area contributed by atoms with Gasteiger partial charge in [0, 0.05) is 6.04 Å². The molecule has 5 aliphatic carbocycles. The molecule has 2 nitrogen and oxygen atoms in total. The summed E-state index contributed by atoms with van der Waals surface area (Å²) in [5.74, 6) is 5.15. The molecule has 150 valence electrons. The molecular weight excluding hydrogens is 316 g/mol. The first-order chi connectivity index (χ1) is 12.5. The van der Waals surface area contributed by atoms with Crippen LogP contribution in [-0.4, -0.2) is 20.1 Å². The third-order valence-corrected chi connectivity index (χ3v) is 10.9. The highest BCUT2D eigenvalue weighted by atomic mass is 14.9. The Hall–Kier alpha value is -0.0800. The molecule has 0 heterocycles. The normalized spacial score (nSPS) is 57.0. The van der Waals surface area contributed by atoms with Crippen molar-refractivity contribution >= 4 is 0 Å². The summed E-state index contributed by atoms with van der Waals surface area (Å²) in [5, 5.41) is 3.65. The van der Waals surface area contributed by atoms with Crippen LogP contribution in [0, 0.1) is 45.8 Å². The number of hydrogen-bond acceptors (Lipinski definition) is 2. The minimum Gasteiger partial charge on any atom is -0.333 e. The zero-order chi connectivity index (χ0) is 18.7. The number of fused-ring (bicyclic) bond motifs is 2. The first kappa shape index (κ1) is 19.2. The van der Waals surface area contributed by atoms with Crippen molar-refractivity contribution in [1.29, 1.82) is 0 Å². The zero-order valence-electron chi connectivity index (χ0n) is 18.1. The number of nitrogens with one attached hydrogen (secondary N) is 1. The molecule has 3 N–H and O–H groups in total. The Kier molecular flexibility index (Phi) is 4.79. The fraction of sp³-hybridized carbons (Fsp3) is 1.00. The standard InChI is InChI=1S/C23H39N.CH5N/c1-5-16-6-7-18-19-9-8-17-15(2)20(24-4)10-11-22(17)14-23(19,22)13-12-21(16,18)3;1-2/h15-20,24H,5-14H2,1-4H3;2H2,1H3. The van der Waals surface area contributed by atoms with E-state index in [1.165, 1.54) is 19.9 Å². The lowest BCUT2D eigenvalue weighted by Gasteiger charge is -2.57. The van der Waals surface area contributed by atoms with Crippen LogP contribution in [0.15, 0.2) is 0 Å². The van der Waals surface area contributed by atoms with E-state index in [1.807, 2.05) is 0 Å². The van der Waals surface area contributed by atoms with Crippen LogP contribution in [0.5, 0.6) is 0 Å². The van der Waals surface area contributed by atoms with Crippen LogP contribution >= 0.6 is 0 Å². The van der Waals surface area contributed by atoms with Crippen molar-refractivity contribution in [3.05, 3.63) is 0 Å². The van der Waals surface area contributed by atoms with E-state index < -0.39 is 0 Å². The molecule has 26 heavy (non-hydrogen) atoms. The van der Waals surface area contributed by atoms with E-state index in [-0.39, 0.29) is 0 Å². The van der Waals surface area contributed by atoms with Gasteiger partial charge in [0.1, 0.15) is 0 Å². The molecule has 5 fully saturated rings. The van der Waals surface area contributed by atoms with Crippen molar-refractivity contribution in [1.82, 2.24) is 5.32 Å². The molecule has 0 aromatic rings. The molecule has 0 aromatic heterocycles. The number of rotatable bonds is 2. The smallest absolute Gasteiger partial charge is 0.00927 e. The van der Waals surface area contributed by atoms with Crippen LogP contribution in [0.25, 0.3) is 0 Å². The first-order valence-electron chi connectivity index (χ1n) is 11.8. The maximum Gasteiger partial charge on any atom is 0.00927 e. The molecular formula is C24H44N2. The Morgan fingerprint density at radius 3 is 2.23 bits per heavy atom. The van der Waals surface area contributed by atoms with Gasteiger partial charge in [-0.05, 0) is 118 Å². The average Bonchev–Trinajstić information content (AvgIpc) is 3.21. The van der Waals surface area contributed by atoms with E-state index in [1.54, 1.807) is 51.4 Å². The molecule has 9 atom stereocenters. The number of hydrogen-bond donors (Lipinski definition) is 2. The predicted molar refractivity (Wildman–Crippen MR) is 111 cm³/mol. The van der Waals surface area contributed by atoms with Crippen LogP contribution in [0.3, 0.4) is 0 Å². The van der Waals surface area contributed by atoms with Gasteiger partial charge in [0.05, 0.1) is 0 Å². The average molecular weight is 361 g/mol. The fourth-order valence-electron chi connectivity index (χ4n) is 9.75. The number of nitrogens with two attached hydrogens (primary N) is 1. The SMILES string of the molecule is CCC1CCC2C3CCC4C(C)C(NC)CCC45CC35CCC12C.CN. The van der Waals surface area contributed by atoms with Crippen LogP contribution in [0.1, 0.15) is 85.0 Å². The summed E-state index contributed by atoms with van der Waals surface area (Å²) in [6, 6.07) is 0.791. The van der Waals surface area contributed by atoms with Crippen molar-refractivity contribution in [3.63, 3.8) is 0 Å². The highest BCUT2D eigenvalue weighted by molar-refractivity contribution is 5.27. The van der Waals surface area contributed by atoms with E-state index in [2.05, 4.69) is 38.9 Å². The lowest BCUT2D eigenvalue weighted by Crippen LogP contribution is -2.52. The third-order valence-electron chi connectivity index (χ3n) is 10.9. The molecule has 0 aromatic carbocycles. The van der Waals surface area contributed by atoms with E-state index in [4.69, 9.17) is 0 Å². The monoisotopic (exact) mass is 360 g/mol. The highest BCUT2D eigenvalue weighted by Crippen LogP contribution is 2.85. The molecule has 0 saturated heterocycles. The summed E-state index contributed by atoms with van der Waals surface area (Å²) in [6.45, 7) is 7.74. The summed E-state index contributed by atoms with van der Waals surface area (Å²) >= 11 is 0. The summed E-state index contributed by atoms with van der Waals surface area (Å²) in [7, 11) is 3.70. The minimum absolute atomic E-state index is 0.703. The Balaban J connectivity index is 0.000000814. The van der Waals surface area contributed by atoms with Crippen LogP contribution in [0.4, 0.5) is 0 Å². The van der Waals surface area contributed by atoms with Gasteiger partial charge < -0.3 is 11.1 Å². The van der Waals surface area contributed by atoms with Gasteiger partial charge in [-0.1, -0.05) is 27.2 Å². The maximum absolute atomic E-state index is 4.50. The van der Waals surface area contributed by atoms with Gasteiger partial charge in [-0.25, -0.2) is 0 Å². The van der Waals surface area contributed by atoms with Gasteiger partial charge in [0.25, 0.3) is 0 Å². The second-order valence-corrected chi connectivity index (χ2v) is 10.9. The second-order valence-electron chi connectivity index (χ2n) is 10.9. The molecule has 9 unspecified atom stereocenters. The second kappa shape index (κ2) is 6.48. The Morgan fingerprint density at radius 2 is 1.54 bits per heavy atom. The van der Waals surface area contributed by atoms with Crippen molar-refractivity contribution in [2.45, 2.75) is 91.0 Å². The quantitative estimate of drug-likeness (QED) is 0.708. The first-order valence-corrected chi connectivity index (χ1v) is 11.8. The lowest BCUT2D eigenvalue weighted by atomic mass is 9.48. The van der Waals surface area contributed by atoms with Gasteiger partial charge in [0.2, 0.25) is 0 Å². The summed E-state index contributed by atoms with van der Waals surface area (Å²) in [5.41, 5.74) is 6.79. The zero-order valence-corrected chi connectivity index (χ0v) is 18.1. The van der Waals surface area contributed by atoms with E-state index in [0.717, 1.165) is 46.5 Å². The lowest BCUT2D eigenvalue weighted by molar-refractivity contribution is -0.0787. The Morgan fingerprint density at radius 1 is 0.885 bits per heavy atom. The minimum atomic E-state index is 0.703. The summed E-state index contributed by atoms with van der Waals surface area (Å²) in [4.78, 5) is 0. The molecule has 0 radical (unpaired) electrons. The van der Waals surface area contributed by atoms with Crippen molar-refractivity contribution in [2.24, 2.45) is 51.6 Å². The molecule has 0 aliphatic heterocycles. The van der Waals surface area contributed by atoms with E-state index >= 15 is 0 Å². The van der Waals surface area contributed by atoms with Crippen LogP contribution in [-0.2, 0) is 0 Å². The largest absolute Gasteiger partial charge is 0.333 e. The fourth-order valence-corrected chi connectivity index (χ4v) is 9.75. The Labute approximate surface area is 162 Å². The summed E-state index contributed by atoms with van der Waals surface area (Å²) in [6.07, 6.45) is 15.4. The molecule has 5 saturated carbocycles. The summed E-state index contributed by atoms with van der Waals surface area (Å²) < 4.78 is 0. The van der Waals surface area contributed by atoms with Gasteiger partial charge >= 0.3 is 0 Å². The Bertz CT molecular complexity index is 532. The van der Waals surface area contributed by atoms with Gasteiger partial charge in [-0.2, -0.15) is 0 Å². The predicted octanol–water partition coefficient (Wildman–Crippen LogP) is 5.22. The maximum atomic E-state index is 4.50. The third kappa shape index (κ3) is 2.18. The molecule has 0 amide bonds. The molecule has 2 heteroatoms. The van der Waals surface area contributed by atoms with Gasteiger partial charge in [0.15, 0.2) is 0 Å². The highest BCUT2D eigenvalue weighted by Gasteiger charge is 2.78. The van der Waals surface area contributed by atoms with Gasteiger partial charge in [-0.15, -0.1) is 0 Å². The van der Waals surface area contributed by atoms with Gasteiger partial charge in [-0.3, -0.25) is 0 Å². The molecule has 5 aliphatic rings. The topological polar surface area (TPSA) is 38.0 Å².